The Morgan fingerprint density at radius 2 is 2.00 bits per heavy atom. The van der Waals surface area contributed by atoms with Gasteiger partial charge in [0.05, 0.1) is 29.0 Å². The van der Waals surface area contributed by atoms with Gasteiger partial charge in [-0.3, -0.25) is 15.1 Å². The van der Waals surface area contributed by atoms with Crippen molar-refractivity contribution in [1.82, 2.24) is 4.68 Å². The lowest BCUT2D eigenvalue weighted by Crippen LogP contribution is -2.19. The average Bonchev–Trinajstić information content (AvgIpc) is 3.36. The number of halogens is 2. The fraction of sp³-hybridized carbons (Fsp3) is 0.300. The van der Waals surface area contributed by atoms with Gasteiger partial charge in [-0.15, -0.1) is 11.3 Å². The van der Waals surface area contributed by atoms with Crippen molar-refractivity contribution >= 4 is 46.6 Å². The summed E-state index contributed by atoms with van der Waals surface area (Å²) in [5, 5.41) is 18.4. The van der Waals surface area contributed by atoms with Crippen LogP contribution in [-0.4, -0.2) is 21.9 Å². The molecule has 0 radical (unpaired) electrons. The van der Waals surface area contributed by atoms with Crippen molar-refractivity contribution in [2.24, 2.45) is 10.1 Å². The smallest absolute Gasteiger partial charge is 0.400 e. The van der Waals surface area contributed by atoms with E-state index in [2.05, 4.69) is 5.10 Å². The first kappa shape index (κ1) is 20.8. The molecule has 0 atom stereocenters. The van der Waals surface area contributed by atoms with E-state index in [0.717, 1.165) is 28.9 Å². The summed E-state index contributed by atoms with van der Waals surface area (Å²) in [6.07, 6.45) is 7.13. The number of hydrogen-bond donors (Lipinski definition) is 0. The first-order chi connectivity index (χ1) is 14.5. The van der Waals surface area contributed by atoms with Gasteiger partial charge in [0.15, 0.2) is 5.76 Å². The van der Waals surface area contributed by atoms with Crippen LogP contribution in [0.3, 0.4) is 0 Å². The predicted octanol–water partition coefficient (Wildman–Crippen LogP) is 6.14. The molecule has 0 aliphatic heterocycles. The first-order valence-electron chi connectivity index (χ1n) is 9.49. The van der Waals surface area contributed by atoms with Gasteiger partial charge < -0.3 is 4.42 Å². The molecule has 4 rings (SSSR count). The number of nitro groups is 1. The highest BCUT2D eigenvalue weighted by molar-refractivity contribution is 7.07. The molecule has 3 aromatic rings. The fourth-order valence-electron chi connectivity index (χ4n) is 3.37. The molecular weight excluding hydrogens is 447 g/mol. The lowest BCUT2D eigenvalue weighted by Gasteiger charge is -2.16. The maximum absolute atomic E-state index is 10.9. The van der Waals surface area contributed by atoms with Crippen LogP contribution in [0.2, 0.25) is 10.0 Å². The molecule has 1 aliphatic rings. The van der Waals surface area contributed by atoms with Gasteiger partial charge in [-0.05, 0) is 37.1 Å². The Morgan fingerprint density at radius 3 is 2.73 bits per heavy atom. The lowest BCUT2D eigenvalue weighted by atomic mass is 9.96. The molecular formula is C20H18Cl2N4O3S. The quantitative estimate of drug-likeness (QED) is 0.258. The summed E-state index contributed by atoms with van der Waals surface area (Å²) in [6, 6.07) is 8.29. The Hall–Kier alpha value is -2.42. The molecule has 30 heavy (non-hydrogen) atoms. The largest absolute Gasteiger partial charge is 0.433 e. The lowest BCUT2D eigenvalue weighted by molar-refractivity contribution is -0.402. The molecule has 10 heteroatoms. The van der Waals surface area contributed by atoms with E-state index in [1.54, 1.807) is 22.9 Å². The van der Waals surface area contributed by atoms with Crippen molar-refractivity contribution in [3.05, 3.63) is 66.4 Å². The van der Waals surface area contributed by atoms with Crippen LogP contribution < -0.4 is 4.80 Å². The molecule has 7 nitrogen and oxygen atoms in total. The van der Waals surface area contributed by atoms with Gasteiger partial charge in [-0.1, -0.05) is 42.5 Å². The predicted molar refractivity (Wildman–Crippen MR) is 119 cm³/mol. The molecule has 0 N–H and O–H groups in total. The maximum Gasteiger partial charge on any atom is 0.433 e. The van der Waals surface area contributed by atoms with Gasteiger partial charge in [-0.2, -0.15) is 5.10 Å². The molecule has 0 amide bonds. The monoisotopic (exact) mass is 464 g/mol. The highest BCUT2D eigenvalue weighted by Crippen LogP contribution is 2.31. The van der Waals surface area contributed by atoms with Crippen LogP contribution >= 0.6 is 34.5 Å². The second-order valence-electron chi connectivity index (χ2n) is 6.94. The zero-order valence-corrected chi connectivity index (χ0v) is 18.2. The molecule has 2 aromatic heterocycles. The summed E-state index contributed by atoms with van der Waals surface area (Å²) in [4.78, 5) is 15.9. The Morgan fingerprint density at radius 1 is 1.20 bits per heavy atom. The highest BCUT2D eigenvalue weighted by atomic mass is 35.5. The molecule has 0 unspecified atom stereocenters. The van der Waals surface area contributed by atoms with Crippen molar-refractivity contribution in [1.29, 1.82) is 0 Å². The average molecular weight is 465 g/mol. The van der Waals surface area contributed by atoms with Crippen LogP contribution in [0.5, 0.6) is 0 Å². The molecule has 1 saturated carbocycles. The minimum atomic E-state index is -0.587. The van der Waals surface area contributed by atoms with Crippen molar-refractivity contribution in [3.63, 3.8) is 0 Å². The van der Waals surface area contributed by atoms with Crippen molar-refractivity contribution in [3.8, 4) is 11.3 Å². The number of furan rings is 1. The Labute approximate surface area is 186 Å². The van der Waals surface area contributed by atoms with Crippen LogP contribution in [-0.2, 0) is 0 Å². The number of thiazole rings is 1. The fourth-order valence-corrected chi connectivity index (χ4v) is 4.66. The van der Waals surface area contributed by atoms with Gasteiger partial charge >= 0.3 is 5.88 Å². The summed E-state index contributed by atoms with van der Waals surface area (Å²) in [5.41, 5.74) is 1.47. The van der Waals surface area contributed by atoms with E-state index in [0.29, 0.717) is 10.0 Å². The topological polar surface area (TPSA) is 85.9 Å². The summed E-state index contributed by atoms with van der Waals surface area (Å²) < 4.78 is 6.87. The van der Waals surface area contributed by atoms with Crippen LogP contribution in [0.25, 0.3) is 11.3 Å². The zero-order chi connectivity index (χ0) is 21.1. The Balaban J connectivity index is 1.78. The molecule has 156 valence electrons. The van der Waals surface area contributed by atoms with Crippen LogP contribution in [0.4, 0.5) is 5.88 Å². The van der Waals surface area contributed by atoms with E-state index in [9.17, 15) is 10.1 Å². The summed E-state index contributed by atoms with van der Waals surface area (Å²) in [7, 11) is 0. The van der Waals surface area contributed by atoms with Crippen molar-refractivity contribution in [2.45, 2.75) is 38.1 Å². The summed E-state index contributed by atoms with van der Waals surface area (Å²) >= 11 is 14.1. The Kier molecular flexibility index (Phi) is 6.36. The third-order valence-electron chi connectivity index (χ3n) is 4.85. The molecule has 0 bridgehead atoms. The van der Waals surface area contributed by atoms with Crippen molar-refractivity contribution < 1.29 is 9.34 Å². The van der Waals surface area contributed by atoms with Crippen LogP contribution in [0.15, 0.2) is 50.2 Å². The molecule has 1 aromatic carbocycles. The molecule has 2 heterocycles. The molecule has 0 saturated heterocycles. The first-order valence-corrected chi connectivity index (χ1v) is 11.1. The van der Waals surface area contributed by atoms with Crippen molar-refractivity contribution in [2.75, 3.05) is 0 Å². The number of benzene rings is 1. The minimum absolute atomic E-state index is 0.256. The number of hydrogen-bond acceptors (Lipinski definition) is 6. The standard InChI is InChI=1S/C20H18Cl2N4O3S/c21-13-6-8-17(22)16(10-13)18-12-30-20(24-14-4-2-1-3-5-14)25(18)23-11-15-7-9-19(29-15)26(27)28/h6-12,14H,1-5H2. The second-order valence-corrected chi connectivity index (χ2v) is 8.62. The van der Waals surface area contributed by atoms with Gasteiger partial charge in [0.2, 0.25) is 4.80 Å². The number of rotatable bonds is 5. The van der Waals surface area contributed by atoms with E-state index >= 15 is 0 Å². The number of nitrogens with zero attached hydrogens (tertiary/aromatic N) is 4. The molecule has 1 aliphatic carbocycles. The maximum atomic E-state index is 10.9. The van der Waals surface area contributed by atoms with E-state index in [4.69, 9.17) is 32.6 Å². The zero-order valence-electron chi connectivity index (χ0n) is 15.8. The van der Waals surface area contributed by atoms with Gasteiger partial charge in [0.25, 0.3) is 0 Å². The third-order valence-corrected chi connectivity index (χ3v) is 6.25. The van der Waals surface area contributed by atoms with Crippen LogP contribution in [0.1, 0.15) is 37.9 Å². The van der Waals surface area contributed by atoms with Gasteiger partial charge in [0, 0.05) is 16.0 Å². The van der Waals surface area contributed by atoms with E-state index in [-0.39, 0.29) is 17.7 Å². The Bertz CT molecular complexity index is 1160. The van der Waals surface area contributed by atoms with E-state index in [1.165, 1.54) is 48.9 Å². The third kappa shape index (κ3) is 4.66. The summed E-state index contributed by atoms with van der Waals surface area (Å²) in [5.74, 6) is -0.0656. The van der Waals surface area contributed by atoms with E-state index < -0.39 is 4.92 Å². The summed E-state index contributed by atoms with van der Waals surface area (Å²) in [6.45, 7) is 0. The second kappa shape index (κ2) is 9.16. The highest BCUT2D eigenvalue weighted by Gasteiger charge is 2.16. The van der Waals surface area contributed by atoms with Gasteiger partial charge in [0.1, 0.15) is 4.92 Å². The molecule has 1 fully saturated rings. The SMILES string of the molecule is O=[N+]([O-])c1ccc(C=Nn2c(-c3cc(Cl)ccc3Cl)csc2=NC2CCCCC2)o1. The normalized spacial score (nSPS) is 15.9. The molecule has 0 spiro atoms. The van der Waals surface area contributed by atoms with Crippen LogP contribution in [0, 0.1) is 10.1 Å². The minimum Gasteiger partial charge on any atom is -0.400 e. The number of aromatic nitrogens is 1. The van der Waals surface area contributed by atoms with Gasteiger partial charge in [-0.25, -0.2) is 4.68 Å². The van der Waals surface area contributed by atoms with E-state index in [1.807, 2.05) is 5.38 Å².